The van der Waals surface area contributed by atoms with Gasteiger partial charge in [0.15, 0.2) is 0 Å². The zero-order valence-corrected chi connectivity index (χ0v) is 7.29. The van der Waals surface area contributed by atoms with Gasteiger partial charge in [-0.05, 0) is 12.1 Å². The molecule has 0 saturated carbocycles. The monoisotopic (exact) mass is 222 g/mol. The molecule has 15 heavy (non-hydrogen) atoms. The molecule has 1 atom stereocenters. The third-order valence-corrected chi connectivity index (χ3v) is 1.49. The van der Waals surface area contributed by atoms with Crippen LogP contribution in [0.3, 0.4) is 0 Å². The molecular weight excluding hydrogens is 216 g/mol. The van der Waals surface area contributed by atoms with Crippen molar-refractivity contribution in [2.75, 3.05) is 0 Å². The highest BCUT2D eigenvalue weighted by Crippen LogP contribution is 2.26. The van der Waals surface area contributed by atoms with Crippen LogP contribution in [0.25, 0.3) is 0 Å². The van der Waals surface area contributed by atoms with Crippen molar-refractivity contribution in [2.24, 2.45) is 0 Å². The van der Waals surface area contributed by atoms with E-state index in [-0.39, 0.29) is 11.3 Å². The molecule has 0 N–H and O–H groups in total. The molecule has 0 fully saturated rings. The van der Waals surface area contributed by atoms with Crippen molar-refractivity contribution in [1.82, 2.24) is 0 Å². The van der Waals surface area contributed by atoms with Gasteiger partial charge in [0.2, 0.25) is 0 Å². The second-order valence-corrected chi connectivity index (χ2v) is 2.67. The molecule has 6 heteroatoms. The van der Waals surface area contributed by atoms with Gasteiger partial charge in [0, 0.05) is 5.56 Å². The van der Waals surface area contributed by atoms with Crippen LogP contribution in [-0.2, 0) is 0 Å². The Morgan fingerprint density at radius 2 is 2.00 bits per heavy atom. The minimum Gasteiger partial charge on any atom is -0.452 e. The van der Waals surface area contributed by atoms with Gasteiger partial charge >= 0.3 is 12.5 Å². The van der Waals surface area contributed by atoms with Crippen LogP contribution in [-0.4, -0.2) is 18.8 Å². The standard InChI is InChI=1S/C9H6F4O2/c10-8(9(11,12)13)15-7-3-1-2-6(4-7)5-14/h1-5,8H. The lowest BCUT2D eigenvalue weighted by Gasteiger charge is -2.14. The molecule has 0 spiro atoms. The summed E-state index contributed by atoms with van der Waals surface area (Å²) in [6.45, 7) is 0. The fourth-order valence-corrected chi connectivity index (χ4v) is 0.847. The summed E-state index contributed by atoms with van der Waals surface area (Å²) in [5.74, 6) is -0.343. The summed E-state index contributed by atoms with van der Waals surface area (Å²) in [6.07, 6.45) is -8.04. The average Bonchev–Trinajstić information content (AvgIpc) is 2.16. The fourth-order valence-electron chi connectivity index (χ4n) is 0.847. The highest BCUT2D eigenvalue weighted by Gasteiger charge is 2.42. The molecule has 0 amide bonds. The summed E-state index contributed by atoms with van der Waals surface area (Å²) in [5.41, 5.74) is 0.113. The molecule has 0 radical (unpaired) electrons. The molecule has 0 heterocycles. The minimum atomic E-state index is -5.07. The van der Waals surface area contributed by atoms with Gasteiger partial charge in [-0.1, -0.05) is 12.1 Å². The zero-order chi connectivity index (χ0) is 11.5. The molecule has 0 aliphatic heterocycles. The first kappa shape index (κ1) is 11.5. The summed E-state index contributed by atoms with van der Waals surface area (Å²) in [4.78, 5) is 10.3. The Hall–Kier alpha value is -1.59. The van der Waals surface area contributed by atoms with Gasteiger partial charge in [0.25, 0.3) is 0 Å². The van der Waals surface area contributed by atoms with E-state index in [0.29, 0.717) is 6.29 Å². The smallest absolute Gasteiger partial charge is 0.452 e. The first-order valence-electron chi connectivity index (χ1n) is 3.86. The Kier molecular flexibility index (Phi) is 3.28. The topological polar surface area (TPSA) is 26.3 Å². The predicted molar refractivity (Wildman–Crippen MR) is 43.4 cm³/mol. The predicted octanol–water partition coefficient (Wildman–Crippen LogP) is 2.74. The Balaban J connectivity index is 2.76. The quantitative estimate of drug-likeness (QED) is 0.580. The second-order valence-electron chi connectivity index (χ2n) is 2.67. The van der Waals surface area contributed by atoms with Crippen molar-refractivity contribution in [3.8, 4) is 5.75 Å². The molecule has 1 rings (SSSR count). The number of carbonyl (C=O) groups is 1. The summed E-state index contributed by atoms with van der Waals surface area (Å²) in [6, 6.07) is 4.81. The first-order chi connectivity index (χ1) is 6.93. The molecule has 0 aliphatic carbocycles. The maximum Gasteiger partial charge on any atom is 0.457 e. The number of halogens is 4. The lowest BCUT2D eigenvalue weighted by Crippen LogP contribution is -2.29. The number of hydrogen-bond acceptors (Lipinski definition) is 2. The molecule has 0 aliphatic rings. The minimum absolute atomic E-state index is 0.113. The molecule has 0 bridgehead atoms. The van der Waals surface area contributed by atoms with Crippen LogP contribution >= 0.6 is 0 Å². The van der Waals surface area contributed by atoms with Crippen LogP contribution in [0.2, 0.25) is 0 Å². The number of aldehydes is 1. The van der Waals surface area contributed by atoms with E-state index in [2.05, 4.69) is 4.74 Å². The van der Waals surface area contributed by atoms with E-state index in [1.165, 1.54) is 12.1 Å². The Bertz CT molecular complexity index is 348. The maximum absolute atomic E-state index is 12.4. The number of carbonyl (C=O) groups excluding carboxylic acids is 1. The average molecular weight is 222 g/mol. The van der Waals surface area contributed by atoms with E-state index in [9.17, 15) is 22.4 Å². The summed E-state index contributed by atoms with van der Waals surface area (Å²) in [5, 5.41) is 0. The third-order valence-electron chi connectivity index (χ3n) is 1.49. The largest absolute Gasteiger partial charge is 0.457 e. The van der Waals surface area contributed by atoms with E-state index in [4.69, 9.17) is 0 Å². The van der Waals surface area contributed by atoms with Crippen LogP contribution in [0.4, 0.5) is 17.6 Å². The number of alkyl halides is 4. The van der Waals surface area contributed by atoms with Crippen molar-refractivity contribution in [2.45, 2.75) is 12.5 Å². The molecule has 0 saturated heterocycles. The number of rotatable bonds is 3. The van der Waals surface area contributed by atoms with Gasteiger partial charge in [-0.2, -0.15) is 17.6 Å². The third kappa shape index (κ3) is 3.23. The number of ether oxygens (including phenoxy) is 1. The molecular formula is C9H6F4O2. The molecule has 1 unspecified atom stereocenters. The maximum atomic E-state index is 12.4. The van der Waals surface area contributed by atoms with Crippen molar-refractivity contribution in [1.29, 1.82) is 0 Å². The van der Waals surface area contributed by atoms with Gasteiger partial charge in [-0.3, -0.25) is 4.79 Å². The van der Waals surface area contributed by atoms with Gasteiger partial charge in [-0.15, -0.1) is 0 Å². The van der Waals surface area contributed by atoms with Crippen LogP contribution in [0.15, 0.2) is 24.3 Å². The van der Waals surface area contributed by atoms with E-state index < -0.39 is 12.5 Å². The lowest BCUT2D eigenvalue weighted by molar-refractivity contribution is -0.236. The number of benzene rings is 1. The first-order valence-corrected chi connectivity index (χ1v) is 3.86. The Labute approximate surface area is 82.5 Å². The van der Waals surface area contributed by atoms with E-state index >= 15 is 0 Å². The zero-order valence-electron chi connectivity index (χ0n) is 7.29. The van der Waals surface area contributed by atoms with E-state index in [1.54, 1.807) is 0 Å². The lowest BCUT2D eigenvalue weighted by atomic mass is 10.2. The Morgan fingerprint density at radius 1 is 1.33 bits per heavy atom. The fraction of sp³-hybridized carbons (Fsp3) is 0.222. The SMILES string of the molecule is O=Cc1cccc(OC(F)C(F)(F)F)c1. The summed E-state index contributed by atoms with van der Waals surface area (Å²) >= 11 is 0. The van der Waals surface area contributed by atoms with Gasteiger partial charge in [-0.25, -0.2) is 0 Å². The van der Waals surface area contributed by atoms with Crippen molar-refractivity contribution >= 4 is 6.29 Å². The number of hydrogen-bond donors (Lipinski definition) is 0. The van der Waals surface area contributed by atoms with Gasteiger partial charge in [0.1, 0.15) is 12.0 Å². The summed E-state index contributed by atoms with van der Waals surface area (Å²) in [7, 11) is 0. The second kappa shape index (κ2) is 4.29. The van der Waals surface area contributed by atoms with Crippen LogP contribution in [0, 0.1) is 0 Å². The van der Waals surface area contributed by atoms with E-state index in [0.717, 1.165) is 12.1 Å². The highest BCUT2D eigenvalue weighted by atomic mass is 19.4. The summed E-state index contributed by atoms with van der Waals surface area (Å²) < 4.78 is 51.6. The normalized spacial score (nSPS) is 13.3. The van der Waals surface area contributed by atoms with Crippen LogP contribution < -0.4 is 4.74 Å². The highest BCUT2D eigenvalue weighted by molar-refractivity contribution is 5.75. The van der Waals surface area contributed by atoms with Gasteiger partial charge < -0.3 is 4.74 Å². The molecule has 2 nitrogen and oxygen atoms in total. The van der Waals surface area contributed by atoms with Crippen LogP contribution in [0.1, 0.15) is 10.4 Å². The van der Waals surface area contributed by atoms with Crippen molar-refractivity contribution in [3.05, 3.63) is 29.8 Å². The van der Waals surface area contributed by atoms with Crippen LogP contribution in [0.5, 0.6) is 5.75 Å². The Morgan fingerprint density at radius 3 is 2.53 bits per heavy atom. The molecule has 1 aromatic carbocycles. The van der Waals surface area contributed by atoms with Crippen molar-refractivity contribution < 1.29 is 27.1 Å². The molecule has 82 valence electrons. The van der Waals surface area contributed by atoms with Gasteiger partial charge in [0.05, 0.1) is 0 Å². The van der Waals surface area contributed by atoms with E-state index in [1.807, 2.05) is 0 Å². The van der Waals surface area contributed by atoms with Crippen molar-refractivity contribution in [3.63, 3.8) is 0 Å². The molecule has 0 aromatic heterocycles. The molecule has 1 aromatic rings.